The Kier molecular flexibility index (Phi) is 7.38. The van der Waals surface area contributed by atoms with Gasteiger partial charge in [0.1, 0.15) is 11.9 Å². The highest BCUT2D eigenvalue weighted by Crippen LogP contribution is 2.69. The fourth-order valence-electron chi connectivity index (χ4n) is 9.06. The molecule has 0 aromatic rings. The number of ketones is 1. The van der Waals surface area contributed by atoms with E-state index in [1.54, 1.807) is 0 Å². The molecule has 0 N–H and O–H groups in total. The smallest absolute Gasteiger partial charge is 0.302 e. The summed E-state index contributed by atoms with van der Waals surface area (Å²) in [6, 6.07) is 0. The molecule has 4 fully saturated rings. The highest BCUT2D eigenvalue weighted by Gasteiger charge is 2.67. The summed E-state index contributed by atoms with van der Waals surface area (Å²) >= 11 is 0. The molecule has 0 aliphatic heterocycles. The molecule has 36 heavy (non-hydrogen) atoms. The number of carbonyl (C=O) groups excluding carboxylic acids is 3. The molecule has 9 nitrogen and oxygen atoms in total. The van der Waals surface area contributed by atoms with Gasteiger partial charge >= 0.3 is 5.97 Å². The van der Waals surface area contributed by atoms with Crippen molar-refractivity contribution < 1.29 is 41.4 Å². The van der Waals surface area contributed by atoms with E-state index < -0.39 is 34.0 Å². The summed E-state index contributed by atoms with van der Waals surface area (Å²) in [5.41, 5.74) is -0.973. The number of Topliss-reactive ketones (excluding diaryl/α,β-unsaturated/α-hetero) is 1. The molecule has 0 unspecified atom stereocenters. The van der Waals surface area contributed by atoms with Crippen LogP contribution in [0, 0.1) is 46.3 Å². The minimum Gasteiger partial charge on any atom is -0.726 e. The minimum atomic E-state index is -5.00. The van der Waals surface area contributed by atoms with Crippen molar-refractivity contribution in [3.05, 3.63) is 0 Å². The molecule has 0 heterocycles. The number of carboxylic acids is 1. The zero-order valence-corrected chi connectivity index (χ0v) is 22.4. The number of hydrogen-bond donors (Lipinski definition) is 0. The molecular weight excluding hydrogens is 488 g/mol. The van der Waals surface area contributed by atoms with Crippen molar-refractivity contribution in [2.75, 3.05) is 0 Å². The van der Waals surface area contributed by atoms with Crippen LogP contribution in [0.2, 0.25) is 0 Å². The zero-order chi connectivity index (χ0) is 26.6. The number of esters is 1. The lowest BCUT2D eigenvalue weighted by Crippen LogP contribution is -2.63. The van der Waals surface area contributed by atoms with E-state index in [1.165, 1.54) is 6.92 Å². The van der Waals surface area contributed by atoms with Crippen LogP contribution in [-0.4, -0.2) is 42.9 Å². The SMILES string of the molecule is CC(=O)O[C@@H]1C[C@@H]2CC(=O)CC[C@]2(C)[C@H]2C[C@H](OS(=O)(=O)[O-])[C@]3(C)[C@@H]([C@H](C)CCC(=O)[O-])CC[C@H]3[C@H]12. The third kappa shape index (κ3) is 4.85. The van der Waals surface area contributed by atoms with Crippen molar-refractivity contribution in [3.63, 3.8) is 0 Å². The molecule has 10 atom stereocenters. The van der Waals surface area contributed by atoms with Crippen LogP contribution in [0.5, 0.6) is 0 Å². The quantitative estimate of drug-likeness (QED) is 0.277. The highest BCUT2D eigenvalue weighted by atomic mass is 32.3. The lowest BCUT2D eigenvalue weighted by Gasteiger charge is -2.63. The van der Waals surface area contributed by atoms with Crippen LogP contribution in [0.25, 0.3) is 0 Å². The molecule has 4 aliphatic rings. The average molecular weight is 527 g/mol. The van der Waals surface area contributed by atoms with E-state index in [-0.39, 0.29) is 59.1 Å². The molecule has 0 radical (unpaired) electrons. The van der Waals surface area contributed by atoms with Gasteiger partial charge in [0.05, 0.1) is 6.10 Å². The Morgan fingerprint density at radius 1 is 1.17 bits per heavy atom. The third-order valence-corrected chi connectivity index (χ3v) is 11.1. The second-order valence-corrected chi connectivity index (χ2v) is 13.3. The maximum atomic E-state index is 12.4. The second-order valence-electron chi connectivity index (χ2n) is 12.3. The van der Waals surface area contributed by atoms with Crippen LogP contribution >= 0.6 is 0 Å². The molecule has 0 amide bonds. The summed E-state index contributed by atoms with van der Waals surface area (Å²) in [5, 5.41) is 11.1. The molecule has 4 rings (SSSR count). The van der Waals surface area contributed by atoms with E-state index in [1.807, 2.05) is 13.8 Å². The van der Waals surface area contributed by atoms with Crippen molar-refractivity contribution >= 4 is 28.1 Å². The number of carbonyl (C=O) groups is 3. The lowest BCUT2D eigenvalue weighted by molar-refractivity contribution is -0.306. The van der Waals surface area contributed by atoms with Gasteiger partial charge in [0.15, 0.2) is 0 Å². The molecule has 0 aromatic carbocycles. The first-order valence-electron chi connectivity index (χ1n) is 13.2. The summed E-state index contributed by atoms with van der Waals surface area (Å²) in [4.78, 5) is 35.6. The number of hydrogen-bond acceptors (Lipinski definition) is 9. The zero-order valence-electron chi connectivity index (χ0n) is 21.6. The van der Waals surface area contributed by atoms with Gasteiger partial charge in [-0.15, -0.1) is 0 Å². The van der Waals surface area contributed by atoms with Crippen LogP contribution in [-0.2, 0) is 33.7 Å². The van der Waals surface area contributed by atoms with E-state index in [2.05, 4.69) is 6.92 Å². The molecule has 0 bridgehead atoms. The Bertz CT molecular complexity index is 1010. The molecule has 4 saturated carbocycles. The van der Waals surface area contributed by atoms with Gasteiger partial charge in [-0.3, -0.25) is 13.8 Å². The molecule has 0 aromatic heterocycles. The Morgan fingerprint density at radius 3 is 2.47 bits per heavy atom. The summed E-state index contributed by atoms with van der Waals surface area (Å²) in [6.45, 7) is 7.48. The predicted molar refractivity (Wildman–Crippen MR) is 125 cm³/mol. The van der Waals surface area contributed by atoms with E-state index >= 15 is 0 Å². The maximum Gasteiger partial charge on any atom is 0.302 e. The highest BCUT2D eigenvalue weighted by molar-refractivity contribution is 7.80. The predicted octanol–water partition coefficient (Wildman–Crippen LogP) is 2.38. The fraction of sp³-hybridized carbons (Fsp3) is 0.885. The van der Waals surface area contributed by atoms with E-state index in [0.717, 1.165) is 12.8 Å². The monoisotopic (exact) mass is 526 g/mol. The van der Waals surface area contributed by atoms with Gasteiger partial charge in [-0.25, -0.2) is 8.42 Å². The number of rotatable bonds is 7. The largest absolute Gasteiger partial charge is 0.726 e. The van der Waals surface area contributed by atoms with Gasteiger partial charge in [0, 0.05) is 37.1 Å². The Morgan fingerprint density at radius 2 is 1.86 bits per heavy atom. The number of fused-ring (bicyclic) bond motifs is 5. The van der Waals surface area contributed by atoms with Crippen molar-refractivity contribution in [1.29, 1.82) is 0 Å². The van der Waals surface area contributed by atoms with E-state index in [4.69, 9.17) is 8.92 Å². The standard InChI is InChI=1S/C26H40O9S/c1-14(5-8-23(29)30)18-6-7-19-24-20(13-22(26(18,19)4)35-36(31,32)33)25(3)10-9-17(28)11-16(25)12-21(24)34-15(2)27/h14,16,18-22,24H,5-13H2,1-4H3,(H,29,30)(H,31,32,33)/p-2/t14-,16+,18-,19+,20+,21-,22+,24+,25+,26-/m1/s1. The first-order chi connectivity index (χ1) is 16.7. The molecule has 0 saturated heterocycles. The summed E-state index contributed by atoms with van der Waals surface area (Å²) < 4.78 is 47.0. The molecular formula is C26H38O9S-2. The Labute approximate surface area is 213 Å². The Balaban J connectivity index is 1.77. The fourth-order valence-corrected chi connectivity index (χ4v) is 9.63. The maximum absolute atomic E-state index is 12.4. The summed E-state index contributed by atoms with van der Waals surface area (Å²) in [5.74, 6) is -1.63. The average Bonchev–Trinajstić information content (AvgIpc) is 3.10. The van der Waals surface area contributed by atoms with Crippen LogP contribution in [0.1, 0.15) is 85.5 Å². The van der Waals surface area contributed by atoms with Crippen LogP contribution in [0.15, 0.2) is 0 Å². The second kappa shape index (κ2) is 9.66. The summed E-state index contributed by atoms with van der Waals surface area (Å²) in [6.07, 6.45) is 2.96. The molecule has 0 spiro atoms. The third-order valence-electron chi connectivity index (χ3n) is 10.7. The van der Waals surface area contributed by atoms with E-state index in [9.17, 15) is 32.5 Å². The first kappa shape index (κ1) is 27.5. The normalized spacial score (nSPS) is 43.1. The van der Waals surface area contributed by atoms with Crippen LogP contribution < -0.4 is 5.11 Å². The van der Waals surface area contributed by atoms with Crippen molar-refractivity contribution in [1.82, 2.24) is 0 Å². The van der Waals surface area contributed by atoms with Crippen molar-refractivity contribution in [3.8, 4) is 0 Å². The van der Waals surface area contributed by atoms with Gasteiger partial charge in [0.2, 0.25) is 10.4 Å². The van der Waals surface area contributed by atoms with Crippen LogP contribution in [0.4, 0.5) is 0 Å². The van der Waals surface area contributed by atoms with Crippen molar-refractivity contribution in [2.24, 2.45) is 46.3 Å². The van der Waals surface area contributed by atoms with Crippen molar-refractivity contribution in [2.45, 2.75) is 97.7 Å². The van der Waals surface area contributed by atoms with Gasteiger partial charge in [-0.2, -0.15) is 0 Å². The van der Waals surface area contributed by atoms with Gasteiger partial charge in [0.25, 0.3) is 0 Å². The Hall–Kier alpha value is -1.52. The lowest BCUT2D eigenvalue weighted by atomic mass is 9.43. The van der Waals surface area contributed by atoms with Crippen LogP contribution in [0.3, 0.4) is 0 Å². The number of ether oxygens (including phenoxy) is 1. The van der Waals surface area contributed by atoms with Gasteiger partial charge in [-0.05, 0) is 80.0 Å². The number of carboxylic acid groups (broad SMARTS) is 1. The molecule has 4 aliphatic carbocycles. The minimum absolute atomic E-state index is 0.0115. The van der Waals surface area contributed by atoms with Gasteiger partial charge in [-0.1, -0.05) is 20.8 Å². The van der Waals surface area contributed by atoms with E-state index in [0.29, 0.717) is 38.5 Å². The molecule has 10 heteroatoms. The topological polar surface area (TPSA) is 150 Å². The van der Waals surface area contributed by atoms with Gasteiger partial charge < -0.3 is 19.2 Å². The number of aliphatic carboxylic acids is 1. The summed E-state index contributed by atoms with van der Waals surface area (Å²) in [7, 11) is -5.00. The first-order valence-corrected chi connectivity index (χ1v) is 14.5. The molecule has 204 valence electrons.